The molecule has 31 heavy (non-hydrogen) atoms. The summed E-state index contributed by atoms with van der Waals surface area (Å²) in [6.45, 7) is 10.3. The van der Waals surface area contributed by atoms with Gasteiger partial charge in [0.1, 0.15) is 5.75 Å². The van der Waals surface area contributed by atoms with Gasteiger partial charge in [0, 0.05) is 56.9 Å². The van der Waals surface area contributed by atoms with Crippen LogP contribution in [0.2, 0.25) is 0 Å². The Morgan fingerprint density at radius 3 is 2.48 bits per heavy atom. The number of fused-ring (bicyclic) bond motifs is 1. The maximum atomic E-state index is 13.0. The van der Waals surface area contributed by atoms with Crippen LogP contribution in [0.1, 0.15) is 48.1 Å². The average Bonchev–Trinajstić information content (AvgIpc) is 3.16. The number of carbonyl (C=O) groups is 2. The van der Waals surface area contributed by atoms with Crippen LogP contribution in [0.15, 0.2) is 24.3 Å². The minimum absolute atomic E-state index is 0.127. The molecule has 0 fully saturated rings. The second-order valence-electron chi connectivity index (χ2n) is 7.65. The second kappa shape index (κ2) is 10.4. The summed E-state index contributed by atoms with van der Waals surface area (Å²) < 4.78 is 7.09. The zero-order chi connectivity index (χ0) is 22.4. The molecule has 0 unspecified atom stereocenters. The van der Waals surface area contributed by atoms with Crippen LogP contribution in [0.3, 0.4) is 0 Å². The van der Waals surface area contributed by atoms with E-state index in [9.17, 15) is 9.59 Å². The van der Waals surface area contributed by atoms with Gasteiger partial charge in [-0.2, -0.15) is 5.10 Å². The van der Waals surface area contributed by atoms with E-state index >= 15 is 0 Å². The number of amides is 2. The topological polar surface area (TPSA) is 79.7 Å². The van der Waals surface area contributed by atoms with Crippen LogP contribution in [-0.4, -0.2) is 64.7 Å². The van der Waals surface area contributed by atoms with Crippen molar-refractivity contribution in [3.8, 4) is 5.75 Å². The van der Waals surface area contributed by atoms with Crippen molar-refractivity contribution in [2.45, 2.75) is 46.8 Å². The molecule has 168 valence electrons. The standard InChI is InChI=1S/C23H33N5O3/c1-5-27(6-2)21(29)16-26-13-12-20-19(15-26)22(25-28(20)7-3)23(30)24-14-17-8-10-18(31-4)11-9-17/h8-11H,5-7,12-16H2,1-4H3,(H,24,30). The number of likely N-dealkylation sites (N-methyl/N-ethyl adjacent to an activating group) is 1. The number of benzene rings is 1. The summed E-state index contributed by atoms with van der Waals surface area (Å²) in [5, 5.41) is 7.58. The molecule has 0 spiro atoms. The van der Waals surface area contributed by atoms with Crippen molar-refractivity contribution >= 4 is 11.8 Å². The third-order valence-corrected chi connectivity index (χ3v) is 5.81. The van der Waals surface area contributed by atoms with E-state index in [0.29, 0.717) is 45.0 Å². The molecule has 0 atom stereocenters. The molecule has 1 N–H and O–H groups in total. The minimum Gasteiger partial charge on any atom is -0.497 e. The first-order valence-electron chi connectivity index (χ1n) is 11.0. The predicted octanol–water partition coefficient (Wildman–Crippen LogP) is 2.07. The molecule has 0 saturated heterocycles. The molecule has 8 heteroatoms. The fraction of sp³-hybridized carbons (Fsp3) is 0.522. The van der Waals surface area contributed by atoms with Crippen LogP contribution in [0.4, 0.5) is 0 Å². The number of rotatable bonds is 9. The molecule has 1 aromatic heterocycles. The van der Waals surface area contributed by atoms with Gasteiger partial charge in [0.15, 0.2) is 5.69 Å². The van der Waals surface area contributed by atoms with Gasteiger partial charge in [0.2, 0.25) is 5.91 Å². The molecule has 1 aliphatic rings. The highest BCUT2D eigenvalue weighted by molar-refractivity contribution is 5.94. The summed E-state index contributed by atoms with van der Waals surface area (Å²) in [4.78, 5) is 29.5. The van der Waals surface area contributed by atoms with Crippen LogP contribution in [-0.2, 0) is 30.8 Å². The van der Waals surface area contributed by atoms with E-state index in [1.165, 1.54) is 0 Å². The van der Waals surface area contributed by atoms with Crippen LogP contribution < -0.4 is 10.1 Å². The lowest BCUT2D eigenvalue weighted by Gasteiger charge is -2.29. The number of ether oxygens (including phenoxy) is 1. The SMILES string of the molecule is CCN(CC)C(=O)CN1CCc2c(c(C(=O)NCc3ccc(OC)cc3)nn2CC)C1. The quantitative estimate of drug-likeness (QED) is 0.663. The number of aryl methyl sites for hydroxylation is 1. The van der Waals surface area contributed by atoms with Gasteiger partial charge in [0.25, 0.3) is 5.91 Å². The smallest absolute Gasteiger partial charge is 0.272 e. The Labute approximate surface area is 184 Å². The molecule has 1 aromatic carbocycles. The summed E-state index contributed by atoms with van der Waals surface area (Å²) in [6.07, 6.45) is 0.785. The third-order valence-electron chi connectivity index (χ3n) is 5.81. The van der Waals surface area contributed by atoms with Crippen LogP contribution in [0.5, 0.6) is 5.75 Å². The number of aromatic nitrogens is 2. The van der Waals surface area contributed by atoms with Crippen molar-refractivity contribution in [1.29, 1.82) is 0 Å². The third kappa shape index (κ3) is 5.25. The van der Waals surface area contributed by atoms with Crippen molar-refractivity contribution in [2.75, 3.05) is 33.3 Å². The normalized spacial score (nSPS) is 13.5. The van der Waals surface area contributed by atoms with Crippen molar-refractivity contribution in [1.82, 2.24) is 24.9 Å². The van der Waals surface area contributed by atoms with Crippen LogP contribution in [0, 0.1) is 0 Å². The van der Waals surface area contributed by atoms with Crippen LogP contribution in [0.25, 0.3) is 0 Å². The Kier molecular flexibility index (Phi) is 7.68. The summed E-state index contributed by atoms with van der Waals surface area (Å²) in [5.74, 6) is 0.725. The van der Waals surface area contributed by atoms with Gasteiger partial charge in [-0.15, -0.1) is 0 Å². The molecule has 2 heterocycles. The van der Waals surface area contributed by atoms with E-state index < -0.39 is 0 Å². The highest BCUT2D eigenvalue weighted by Gasteiger charge is 2.29. The molecule has 2 aromatic rings. The largest absolute Gasteiger partial charge is 0.497 e. The number of hydrogen-bond donors (Lipinski definition) is 1. The van der Waals surface area contributed by atoms with Crippen molar-refractivity contribution in [3.05, 3.63) is 46.8 Å². The fourth-order valence-electron chi connectivity index (χ4n) is 4.00. The lowest BCUT2D eigenvalue weighted by atomic mass is 10.0. The van der Waals surface area contributed by atoms with E-state index in [1.807, 2.05) is 54.6 Å². The summed E-state index contributed by atoms with van der Waals surface area (Å²) in [5.41, 5.74) is 3.49. The van der Waals surface area contributed by atoms with E-state index in [-0.39, 0.29) is 11.8 Å². The van der Waals surface area contributed by atoms with E-state index in [2.05, 4.69) is 15.3 Å². The monoisotopic (exact) mass is 427 g/mol. The van der Waals surface area contributed by atoms with Crippen LogP contribution >= 0.6 is 0 Å². The molecule has 8 nitrogen and oxygen atoms in total. The Hall–Kier alpha value is -2.87. The van der Waals surface area contributed by atoms with Gasteiger partial charge in [0.05, 0.1) is 13.7 Å². The lowest BCUT2D eigenvalue weighted by Crippen LogP contribution is -2.42. The number of hydrogen-bond acceptors (Lipinski definition) is 5. The second-order valence-corrected chi connectivity index (χ2v) is 7.65. The van der Waals surface area contributed by atoms with Gasteiger partial charge < -0.3 is 15.0 Å². The van der Waals surface area contributed by atoms with E-state index in [4.69, 9.17) is 4.74 Å². The van der Waals surface area contributed by atoms with Gasteiger partial charge in [-0.1, -0.05) is 12.1 Å². The molecule has 3 rings (SSSR count). The maximum Gasteiger partial charge on any atom is 0.272 e. The highest BCUT2D eigenvalue weighted by atomic mass is 16.5. The Bertz CT molecular complexity index is 903. The van der Waals surface area contributed by atoms with Crippen molar-refractivity contribution in [2.24, 2.45) is 0 Å². The molecular formula is C23H33N5O3. The first-order chi connectivity index (χ1) is 15.0. The first kappa shape index (κ1) is 22.8. The average molecular weight is 428 g/mol. The number of nitrogens with one attached hydrogen (secondary N) is 1. The maximum absolute atomic E-state index is 13.0. The lowest BCUT2D eigenvalue weighted by molar-refractivity contribution is -0.132. The molecule has 1 aliphatic heterocycles. The first-order valence-corrected chi connectivity index (χ1v) is 11.0. The van der Waals surface area contributed by atoms with Crippen molar-refractivity contribution in [3.63, 3.8) is 0 Å². The molecule has 2 amide bonds. The molecule has 0 radical (unpaired) electrons. The summed E-state index contributed by atoms with van der Waals surface area (Å²) in [7, 11) is 1.63. The number of nitrogens with zero attached hydrogens (tertiary/aromatic N) is 4. The minimum atomic E-state index is -0.184. The fourth-order valence-corrected chi connectivity index (χ4v) is 4.00. The van der Waals surface area contributed by atoms with Crippen molar-refractivity contribution < 1.29 is 14.3 Å². The number of carbonyl (C=O) groups excluding carboxylic acids is 2. The van der Waals surface area contributed by atoms with E-state index in [1.54, 1.807) is 7.11 Å². The highest BCUT2D eigenvalue weighted by Crippen LogP contribution is 2.23. The Morgan fingerprint density at radius 2 is 1.87 bits per heavy atom. The number of methoxy groups -OCH3 is 1. The van der Waals surface area contributed by atoms with Gasteiger partial charge in [-0.25, -0.2) is 0 Å². The zero-order valence-electron chi connectivity index (χ0n) is 19.0. The van der Waals surface area contributed by atoms with Gasteiger partial charge in [-0.3, -0.25) is 19.2 Å². The van der Waals surface area contributed by atoms with Gasteiger partial charge in [-0.05, 0) is 38.5 Å². The summed E-state index contributed by atoms with van der Waals surface area (Å²) in [6, 6.07) is 7.61. The molecular weight excluding hydrogens is 394 g/mol. The van der Waals surface area contributed by atoms with Gasteiger partial charge >= 0.3 is 0 Å². The molecule has 0 bridgehead atoms. The Morgan fingerprint density at radius 1 is 1.16 bits per heavy atom. The molecule has 0 saturated carbocycles. The zero-order valence-corrected chi connectivity index (χ0v) is 19.0. The summed E-state index contributed by atoms with van der Waals surface area (Å²) >= 11 is 0. The van der Waals surface area contributed by atoms with E-state index in [0.717, 1.165) is 35.5 Å². The Balaban J connectivity index is 1.71. The predicted molar refractivity (Wildman–Crippen MR) is 119 cm³/mol. The molecule has 0 aliphatic carbocycles.